The first-order valence-corrected chi connectivity index (χ1v) is 7.33. The molecule has 1 aliphatic rings. The molecular weight excluding hydrogens is 266 g/mol. The zero-order valence-corrected chi connectivity index (χ0v) is 13.3. The molecule has 0 bridgehead atoms. The molecule has 3 N–H and O–H groups in total. The third-order valence-corrected chi connectivity index (χ3v) is 4.19. The van der Waals surface area contributed by atoms with Gasteiger partial charge in [-0.05, 0) is 36.2 Å². The van der Waals surface area contributed by atoms with Crippen LogP contribution < -0.4 is 5.84 Å². The van der Waals surface area contributed by atoms with Crippen LogP contribution in [-0.2, 0) is 0 Å². The Kier molecular flexibility index (Phi) is 3.97. The van der Waals surface area contributed by atoms with Crippen LogP contribution in [0, 0.1) is 10.8 Å². The fourth-order valence-electron chi connectivity index (χ4n) is 3.86. The molecule has 0 radical (unpaired) electrons. The number of carbonyl (C=O) groups excluding carboxylic acids is 1. The fourth-order valence-corrected chi connectivity index (χ4v) is 3.86. The molecule has 1 amide bonds. The molecule has 1 heterocycles. The highest BCUT2D eigenvalue weighted by molar-refractivity contribution is 5.96. The summed E-state index contributed by atoms with van der Waals surface area (Å²) in [6.07, 6.45) is 5.58. The summed E-state index contributed by atoms with van der Waals surface area (Å²) in [6, 6.07) is 1.47. The summed E-state index contributed by atoms with van der Waals surface area (Å²) in [6.45, 7) is 8.85. The van der Waals surface area contributed by atoms with Crippen LogP contribution in [0.25, 0.3) is 0 Å². The highest BCUT2D eigenvalue weighted by atomic mass is 16.3. The van der Waals surface area contributed by atoms with Crippen LogP contribution >= 0.6 is 0 Å². The summed E-state index contributed by atoms with van der Waals surface area (Å²) >= 11 is 0. The van der Waals surface area contributed by atoms with Crippen LogP contribution in [0.2, 0.25) is 0 Å². The number of pyridine rings is 1. The molecule has 0 aromatic carbocycles. The maximum atomic E-state index is 12.5. The Hall–Kier alpha value is -1.62. The van der Waals surface area contributed by atoms with Gasteiger partial charge in [0, 0.05) is 12.2 Å². The Morgan fingerprint density at radius 2 is 1.90 bits per heavy atom. The number of aromatic nitrogens is 1. The number of nitrogens with two attached hydrogens (primary N) is 1. The molecule has 0 spiro atoms. The van der Waals surface area contributed by atoms with Gasteiger partial charge in [0.2, 0.25) is 0 Å². The van der Waals surface area contributed by atoms with Crippen molar-refractivity contribution in [2.45, 2.75) is 53.0 Å². The molecular formula is C16H25N3O2. The van der Waals surface area contributed by atoms with E-state index >= 15 is 0 Å². The third kappa shape index (κ3) is 3.53. The Balaban J connectivity index is 2.21. The number of hydrazine groups is 1. The van der Waals surface area contributed by atoms with Crippen LogP contribution in [0.5, 0.6) is 5.75 Å². The molecule has 5 nitrogen and oxygen atoms in total. The Morgan fingerprint density at radius 1 is 1.33 bits per heavy atom. The Bertz CT molecular complexity index is 524. The maximum Gasteiger partial charge on any atom is 0.271 e. The van der Waals surface area contributed by atoms with E-state index in [1.54, 1.807) is 0 Å². The third-order valence-electron chi connectivity index (χ3n) is 4.19. The van der Waals surface area contributed by atoms with E-state index in [-0.39, 0.29) is 34.1 Å². The van der Waals surface area contributed by atoms with Gasteiger partial charge in [0.05, 0.1) is 11.8 Å². The summed E-state index contributed by atoms with van der Waals surface area (Å²) in [5.74, 6) is 5.60. The van der Waals surface area contributed by atoms with Crippen molar-refractivity contribution in [1.82, 2.24) is 9.99 Å². The molecule has 0 saturated heterocycles. The topological polar surface area (TPSA) is 79.5 Å². The lowest BCUT2D eigenvalue weighted by molar-refractivity contribution is 0.0215. The van der Waals surface area contributed by atoms with E-state index < -0.39 is 0 Å². The van der Waals surface area contributed by atoms with E-state index in [0.29, 0.717) is 0 Å². The monoisotopic (exact) mass is 291 g/mol. The zero-order valence-electron chi connectivity index (χ0n) is 13.3. The van der Waals surface area contributed by atoms with Gasteiger partial charge in [-0.1, -0.05) is 27.7 Å². The second-order valence-electron chi connectivity index (χ2n) is 7.67. The molecule has 1 fully saturated rings. The summed E-state index contributed by atoms with van der Waals surface area (Å²) in [5, 5.41) is 11.1. The van der Waals surface area contributed by atoms with Crippen molar-refractivity contribution in [1.29, 1.82) is 0 Å². The molecule has 5 heteroatoms. The Morgan fingerprint density at radius 3 is 2.43 bits per heavy atom. The highest BCUT2D eigenvalue weighted by Gasteiger charge is 2.41. The van der Waals surface area contributed by atoms with Crippen molar-refractivity contribution in [3.63, 3.8) is 0 Å². The number of carbonyl (C=O) groups is 1. The first kappa shape index (κ1) is 15.8. The van der Waals surface area contributed by atoms with Crippen molar-refractivity contribution in [3.8, 4) is 5.75 Å². The lowest BCUT2D eigenvalue weighted by atomic mass is 9.63. The van der Waals surface area contributed by atoms with Gasteiger partial charge in [0.1, 0.15) is 5.75 Å². The molecule has 0 atom stereocenters. The predicted molar refractivity (Wildman–Crippen MR) is 81.5 cm³/mol. The number of rotatable bonds is 2. The standard InChI is InChI=1S/C16H25N3O2/c1-15(2)7-11(8-16(3,4)10-15)19(17)14(21)12-5-6-18-9-13(12)20/h5-6,9,11,20H,7-8,10,17H2,1-4H3. The summed E-state index contributed by atoms with van der Waals surface area (Å²) in [5.41, 5.74) is 0.489. The quantitative estimate of drug-likeness (QED) is 0.499. The minimum Gasteiger partial charge on any atom is -0.505 e. The van der Waals surface area contributed by atoms with Crippen LogP contribution in [0.15, 0.2) is 18.5 Å². The van der Waals surface area contributed by atoms with Crippen LogP contribution in [0.3, 0.4) is 0 Å². The lowest BCUT2D eigenvalue weighted by Gasteiger charge is -2.47. The number of amides is 1. The van der Waals surface area contributed by atoms with Gasteiger partial charge >= 0.3 is 0 Å². The van der Waals surface area contributed by atoms with E-state index in [2.05, 4.69) is 32.7 Å². The van der Waals surface area contributed by atoms with E-state index in [4.69, 9.17) is 5.84 Å². The summed E-state index contributed by atoms with van der Waals surface area (Å²) in [7, 11) is 0. The number of nitrogens with zero attached hydrogens (tertiary/aromatic N) is 2. The van der Waals surface area contributed by atoms with E-state index in [1.807, 2.05) is 0 Å². The van der Waals surface area contributed by atoms with Crippen LogP contribution in [0.4, 0.5) is 0 Å². The normalized spacial score (nSPS) is 21.0. The van der Waals surface area contributed by atoms with Gasteiger partial charge in [-0.15, -0.1) is 0 Å². The highest BCUT2D eigenvalue weighted by Crippen LogP contribution is 2.46. The van der Waals surface area contributed by atoms with Crippen molar-refractivity contribution in [2.75, 3.05) is 0 Å². The molecule has 0 unspecified atom stereocenters. The summed E-state index contributed by atoms with van der Waals surface area (Å²) in [4.78, 5) is 16.3. The van der Waals surface area contributed by atoms with Crippen molar-refractivity contribution >= 4 is 5.91 Å². The molecule has 1 aromatic heterocycles. The van der Waals surface area contributed by atoms with E-state index in [0.717, 1.165) is 19.3 Å². The van der Waals surface area contributed by atoms with Crippen LogP contribution in [0.1, 0.15) is 57.3 Å². The number of hydrogen-bond donors (Lipinski definition) is 2. The first-order chi connectivity index (χ1) is 9.61. The molecule has 1 aliphatic carbocycles. The molecule has 21 heavy (non-hydrogen) atoms. The average molecular weight is 291 g/mol. The largest absolute Gasteiger partial charge is 0.505 e. The number of aromatic hydroxyl groups is 1. The predicted octanol–water partition coefficient (Wildman–Crippen LogP) is 2.71. The Labute approximate surface area is 126 Å². The van der Waals surface area contributed by atoms with Gasteiger partial charge in [-0.25, -0.2) is 5.84 Å². The number of hydrogen-bond acceptors (Lipinski definition) is 4. The molecule has 2 rings (SSSR count). The SMILES string of the molecule is CC1(C)CC(N(N)C(=O)c2ccncc2O)CC(C)(C)C1. The lowest BCUT2D eigenvalue weighted by Crippen LogP contribution is -2.52. The van der Waals surface area contributed by atoms with Gasteiger partial charge in [-0.2, -0.15) is 0 Å². The van der Waals surface area contributed by atoms with E-state index in [9.17, 15) is 9.90 Å². The second-order valence-corrected chi connectivity index (χ2v) is 7.67. The fraction of sp³-hybridized carbons (Fsp3) is 0.625. The summed E-state index contributed by atoms with van der Waals surface area (Å²) < 4.78 is 0. The zero-order chi connectivity index (χ0) is 15.8. The van der Waals surface area contributed by atoms with Crippen LogP contribution in [-0.4, -0.2) is 27.0 Å². The smallest absolute Gasteiger partial charge is 0.271 e. The first-order valence-electron chi connectivity index (χ1n) is 7.33. The second kappa shape index (κ2) is 5.30. The molecule has 116 valence electrons. The van der Waals surface area contributed by atoms with Crippen molar-refractivity contribution < 1.29 is 9.90 Å². The van der Waals surface area contributed by atoms with Gasteiger partial charge in [0.15, 0.2) is 0 Å². The van der Waals surface area contributed by atoms with Crippen molar-refractivity contribution in [2.24, 2.45) is 16.7 Å². The molecule has 0 aliphatic heterocycles. The van der Waals surface area contributed by atoms with Gasteiger partial charge < -0.3 is 5.11 Å². The van der Waals surface area contributed by atoms with Gasteiger partial charge in [-0.3, -0.25) is 14.8 Å². The molecule has 1 saturated carbocycles. The average Bonchev–Trinajstić information content (AvgIpc) is 2.34. The van der Waals surface area contributed by atoms with Crippen molar-refractivity contribution in [3.05, 3.63) is 24.0 Å². The van der Waals surface area contributed by atoms with E-state index in [1.165, 1.54) is 23.5 Å². The minimum atomic E-state index is -0.353. The maximum absolute atomic E-state index is 12.5. The minimum absolute atomic E-state index is 0.0242. The van der Waals surface area contributed by atoms with Gasteiger partial charge in [0.25, 0.3) is 5.91 Å². The molecule has 1 aromatic rings.